The van der Waals surface area contributed by atoms with E-state index in [-0.39, 0.29) is 25.1 Å². The highest BCUT2D eigenvalue weighted by Crippen LogP contribution is 2.15. The van der Waals surface area contributed by atoms with Gasteiger partial charge in [-0.25, -0.2) is 0 Å². The molecule has 0 saturated carbocycles. The first-order valence-electron chi connectivity index (χ1n) is 3.99. The Morgan fingerprint density at radius 3 is 2.92 bits per heavy atom. The van der Waals surface area contributed by atoms with Crippen molar-refractivity contribution in [3.8, 4) is 0 Å². The number of halogens is 1. The third kappa shape index (κ3) is 3.95. The molecule has 1 heterocycles. The lowest BCUT2D eigenvalue weighted by Gasteiger charge is -2.15. The Labute approximate surface area is 79.0 Å². The van der Waals surface area contributed by atoms with Crippen molar-refractivity contribution < 1.29 is 9.84 Å². The van der Waals surface area contributed by atoms with Crippen LogP contribution in [0.1, 0.15) is 19.3 Å². The first-order valence-corrected chi connectivity index (χ1v) is 3.99. The molecule has 1 atom stereocenters. The molecule has 0 aromatic rings. The normalized spacial score (nSPS) is 18.7. The van der Waals surface area contributed by atoms with Crippen LogP contribution >= 0.6 is 12.4 Å². The molecule has 3 nitrogen and oxygen atoms in total. The fourth-order valence-electron chi connectivity index (χ4n) is 1.17. The summed E-state index contributed by atoms with van der Waals surface area (Å²) in [6.07, 6.45) is 4.67. The summed E-state index contributed by atoms with van der Waals surface area (Å²) in [4.78, 5) is 0. The van der Waals surface area contributed by atoms with Gasteiger partial charge in [0.05, 0.1) is 19.5 Å². The van der Waals surface area contributed by atoms with Gasteiger partial charge in [0, 0.05) is 6.04 Å². The predicted octanol–water partition coefficient (Wildman–Crippen LogP) is 0.812. The number of aliphatic hydroxyl groups is 1. The van der Waals surface area contributed by atoms with E-state index in [1.807, 2.05) is 0 Å². The second kappa shape index (κ2) is 6.29. The van der Waals surface area contributed by atoms with E-state index in [1.165, 1.54) is 5.57 Å². The molecule has 72 valence electrons. The van der Waals surface area contributed by atoms with E-state index >= 15 is 0 Å². The molecular weight excluding hydrogens is 178 g/mol. The van der Waals surface area contributed by atoms with Crippen LogP contribution in [0.4, 0.5) is 0 Å². The van der Waals surface area contributed by atoms with Crippen LogP contribution in [0.5, 0.6) is 0 Å². The van der Waals surface area contributed by atoms with Crippen LogP contribution in [0.25, 0.3) is 0 Å². The minimum absolute atomic E-state index is 0. The Bertz CT molecular complexity index is 150. The van der Waals surface area contributed by atoms with E-state index in [2.05, 4.69) is 0 Å². The highest BCUT2D eigenvalue weighted by molar-refractivity contribution is 5.85. The minimum Gasteiger partial charge on any atom is -0.501 e. The van der Waals surface area contributed by atoms with Crippen molar-refractivity contribution in [2.75, 3.05) is 13.2 Å². The summed E-state index contributed by atoms with van der Waals surface area (Å²) >= 11 is 0. The highest BCUT2D eigenvalue weighted by atomic mass is 35.5. The lowest BCUT2D eigenvalue weighted by molar-refractivity contribution is 0.217. The molecule has 0 bridgehead atoms. The van der Waals surface area contributed by atoms with E-state index in [9.17, 15) is 0 Å². The smallest absolute Gasteiger partial charge is 0.0876 e. The molecule has 12 heavy (non-hydrogen) atoms. The summed E-state index contributed by atoms with van der Waals surface area (Å²) in [5.41, 5.74) is 6.78. The molecule has 0 aromatic carbocycles. The zero-order valence-electron chi connectivity index (χ0n) is 7.03. The van der Waals surface area contributed by atoms with Gasteiger partial charge in [0.25, 0.3) is 0 Å². The first-order chi connectivity index (χ1) is 5.33. The van der Waals surface area contributed by atoms with Gasteiger partial charge in [-0.05, 0) is 24.8 Å². The minimum atomic E-state index is -0.122. The third-order valence-corrected chi connectivity index (χ3v) is 1.77. The summed E-state index contributed by atoms with van der Waals surface area (Å²) < 4.78 is 5.13. The second-order valence-electron chi connectivity index (χ2n) is 2.90. The van der Waals surface area contributed by atoms with Gasteiger partial charge >= 0.3 is 0 Å². The summed E-state index contributed by atoms with van der Waals surface area (Å²) in [6, 6.07) is -0.122. The van der Waals surface area contributed by atoms with E-state index in [4.69, 9.17) is 15.6 Å². The van der Waals surface area contributed by atoms with E-state index in [0.717, 1.165) is 25.9 Å². The van der Waals surface area contributed by atoms with Crippen LogP contribution in [0, 0.1) is 0 Å². The van der Waals surface area contributed by atoms with Crippen LogP contribution in [0.3, 0.4) is 0 Å². The molecule has 4 heteroatoms. The second-order valence-corrected chi connectivity index (χ2v) is 2.90. The molecular formula is C8H16ClNO2. The van der Waals surface area contributed by atoms with Crippen LogP contribution in [0.2, 0.25) is 0 Å². The number of hydrogen-bond donors (Lipinski definition) is 2. The molecule has 0 fully saturated rings. The Balaban J connectivity index is 0.00000121. The number of aliphatic hydroxyl groups excluding tert-OH is 1. The zero-order valence-corrected chi connectivity index (χ0v) is 7.85. The quantitative estimate of drug-likeness (QED) is 0.698. The molecule has 0 radical (unpaired) electrons. The van der Waals surface area contributed by atoms with Crippen LogP contribution in [0.15, 0.2) is 11.8 Å². The van der Waals surface area contributed by atoms with Crippen LogP contribution < -0.4 is 5.73 Å². The monoisotopic (exact) mass is 193 g/mol. The Morgan fingerprint density at radius 1 is 1.67 bits per heavy atom. The van der Waals surface area contributed by atoms with Gasteiger partial charge in [-0.1, -0.05) is 0 Å². The molecule has 1 aliphatic heterocycles. The van der Waals surface area contributed by atoms with Crippen molar-refractivity contribution in [3.05, 3.63) is 11.8 Å². The molecule has 0 aromatic heterocycles. The molecule has 1 aliphatic rings. The third-order valence-electron chi connectivity index (χ3n) is 1.77. The lowest BCUT2D eigenvalue weighted by Crippen LogP contribution is -2.25. The van der Waals surface area contributed by atoms with Gasteiger partial charge in [0.1, 0.15) is 0 Å². The maximum atomic E-state index is 8.67. The van der Waals surface area contributed by atoms with Crippen molar-refractivity contribution in [3.63, 3.8) is 0 Å². The SMILES string of the molecule is Cl.NC(CO)CC1=COCCC1. The van der Waals surface area contributed by atoms with Crippen molar-refractivity contribution in [2.24, 2.45) is 5.73 Å². The van der Waals surface area contributed by atoms with Crippen molar-refractivity contribution in [1.29, 1.82) is 0 Å². The zero-order chi connectivity index (χ0) is 8.10. The standard InChI is InChI=1S/C8H15NO2.ClH/c9-8(5-10)4-7-2-1-3-11-6-7;/h6,8,10H,1-5,9H2;1H. The first kappa shape index (κ1) is 11.8. The van der Waals surface area contributed by atoms with E-state index in [1.54, 1.807) is 6.26 Å². The molecule has 0 amide bonds. The number of hydrogen-bond acceptors (Lipinski definition) is 3. The van der Waals surface area contributed by atoms with Crippen LogP contribution in [-0.2, 0) is 4.74 Å². The molecule has 3 N–H and O–H groups in total. The number of nitrogens with two attached hydrogens (primary N) is 1. The Kier molecular flexibility index (Phi) is 6.16. The number of ether oxygens (including phenoxy) is 1. The molecule has 1 unspecified atom stereocenters. The largest absolute Gasteiger partial charge is 0.501 e. The Hall–Kier alpha value is -0.250. The molecule has 0 spiro atoms. The lowest BCUT2D eigenvalue weighted by atomic mass is 10.0. The van der Waals surface area contributed by atoms with Crippen molar-refractivity contribution >= 4 is 12.4 Å². The fourth-order valence-corrected chi connectivity index (χ4v) is 1.17. The Morgan fingerprint density at radius 2 is 2.42 bits per heavy atom. The fraction of sp³-hybridized carbons (Fsp3) is 0.750. The van der Waals surface area contributed by atoms with Gasteiger partial charge in [-0.3, -0.25) is 0 Å². The van der Waals surface area contributed by atoms with Gasteiger partial charge < -0.3 is 15.6 Å². The molecule has 1 rings (SSSR count). The average molecular weight is 194 g/mol. The van der Waals surface area contributed by atoms with Gasteiger partial charge in [-0.15, -0.1) is 12.4 Å². The van der Waals surface area contributed by atoms with Crippen LogP contribution in [-0.4, -0.2) is 24.4 Å². The predicted molar refractivity (Wildman–Crippen MR) is 50.2 cm³/mol. The van der Waals surface area contributed by atoms with Gasteiger partial charge in [0.2, 0.25) is 0 Å². The van der Waals surface area contributed by atoms with E-state index < -0.39 is 0 Å². The summed E-state index contributed by atoms with van der Waals surface area (Å²) in [6.45, 7) is 0.870. The number of rotatable bonds is 3. The topological polar surface area (TPSA) is 55.5 Å². The maximum absolute atomic E-state index is 8.67. The van der Waals surface area contributed by atoms with Crippen molar-refractivity contribution in [1.82, 2.24) is 0 Å². The average Bonchev–Trinajstić information content (AvgIpc) is 2.06. The van der Waals surface area contributed by atoms with Gasteiger partial charge in [0.15, 0.2) is 0 Å². The molecule has 0 saturated heterocycles. The highest BCUT2D eigenvalue weighted by Gasteiger charge is 2.08. The molecule has 0 aliphatic carbocycles. The summed E-state index contributed by atoms with van der Waals surface area (Å²) in [5.74, 6) is 0. The van der Waals surface area contributed by atoms with E-state index in [0.29, 0.717) is 0 Å². The summed E-state index contributed by atoms with van der Waals surface area (Å²) in [7, 11) is 0. The maximum Gasteiger partial charge on any atom is 0.0876 e. The summed E-state index contributed by atoms with van der Waals surface area (Å²) in [5, 5.41) is 8.67. The van der Waals surface area contributed by atoms with Crippen molar-refractivity contribution in [2.45, 2.75) is 25.3 Å². The van der Waals surface area contributed by atoms with Gasteiger partial charge in [-0.2, -0.15) is 0 Å².